The highest BCUT2D eigenvalue weighted by atomic mass is 32.2. The van der Waals surface area contributed by atoms with Crippen molar-refractivity contribution in [2.75, 3.05) is 12.4 Å². The van der Waals surface area contributed by atoms with Crippen LogP contribution in [0.25, 0.3) is 0 Å². The second-order valence-corrected chi connectivity index (χ2v) is 10.3. The first-order valence-corrected chi connectivity index (χ1v) is 12.8. The van der Waals surface area contributed by atoms with Crippen LogP contribution in [0.2, 0.25) is 0 Å². The van der Waals surface area contributed by atoms with Crippen LogP contribution in [0.3, 0.4) is 0 Å². The maximum Gasteiger partial charge on any atom is 0.269 e. The Morgan fingerprint density at radius 3 is 2.50 bits per heavy atom. The molecule has 34 heavy (non-hydrogen) atoms. The first-order chi connectivity index (χ1) is 16.3. The number of nitrogens with one attached hydrogen (secondary N) is 3. The summed E-state index contributed by atoms with van der Waals surface area (Å²) in [5, 5.41) is 12.6. The van der Waals surface area contributed by atoms with Crippen molar-refractivity contribution in [3.63, 3.8) is 0 Å². The summed E-state index contributed by atoms with van der Waals surface area (Å²) in [6, 6.07) is 15.7. The molecule has 1 heterocycles. The van der Waals surface area contributed by atoms with E-state index in [0.717, 1.165) is 16.9 Å². The van der Waals surface area contributed by atoms with E-state index < -0.39 is 22.0 Å². The monoisotopic (exact) mass is 503 g/mol. The fraction of sp³-hybridized carbons (Fsp3) is 0.273. The normalized spacial score (nSPS) is 12.1. The third-order valence-electron chi connectivity index (χ3n) is 4.61. The molecule has 2 amide bonds. The van der Waals surface area contributed by atoms with E-state index in [0.29, 0.717) is 24.3 Å². The van der Waals surface area contributed by atoms with E-state index in [1.807, 2.05) is 37.3 Å². The average Bonchev–Trinajstić information content (AvgIpc) is 3.29. The quantitative estimate of drug-likeness (QED) is 0.342. The van der Waals surface area contributed by atoms with Gasteiger partial charge in [0.1, 0.15) is 17.5 Å². The number of hydrogen-bond acceptors (Lipinski definition) is 8. The van der Waals surface area contributed by atoms with Crippen molar-refractivity contribution < 1.29 is 22.7 Å². The van der Waals surface area contributed by atoms with Crippen LogP contribution in [0.1, 0.15) is 25.3 Å². The van der Waals surface area contributed by atoms with Crippen molar-refractivity contribution in [2.24, 2.45) is 0 Å². The number of benzene rings is 2. The summed E-state index contributed by atoms with van der Waals surface area (Å²) in [6.07, 6.45) is 1.10. The molecule has 0 spiro atoms. The van der Waals surface area contributed by atoms with E-state index in [1.165, 1.54) is 7.05 Å². The van der Waals surface area contributed by atoms with E-state index in [2.05, 4.69) is 25.6 Å². The number of sulfonamides is 1. The molecule has 2 aromatic carbocycles. The van der Waals surface area contributed by atoms with Gasteiger partial charge in [-0.2, -0.15) is 0 Å². The Labute approximate surface area is 201 Å². The predicted molar refractivity (Wildman–Crippen MR) is 128 cm³/mol. The van der Waals surface area contributed by atoms with E-state index in [-0.39, 0.29) is 21.8 Å². The summed E-state index contributed by atoms with van der Waals surface area (Å²) in [5.41, 5.74) is 0.729. The summed E-state index contributed by atoms with van der Waals surface area (Å²) >= 11 is 0.721. The Bertz CT molecular complexity index is 1230. The lowest BCUT2D eigenvalue weighted by Crippen LogP contribution is -2.44. The molecule has 0 aliphatic carbocycles. The van der Waals surface area contributed by atoms with E-state index >= 15 is 0 Å². The van der Waals surface area contributed by atoms with Crippen molar-refractivity contribution in [1.29, 1.82) is 0 Å². The zero-order valence-electron chi connectivity index (χ0n) is 18.6. The molecule has 0 fully saturated rings. The van der Waals surface area contributed by atoms with Crippen LogP contribution in [-0.2, 0) is 26.0 Å². The summed E-state index contributed by atoms with van der Waals surface area (Å²) < 4.78 is 31.3. The molecule has 1 unspecified atom stereocenters. The molecule has 3 rings (SSSR count). The number of nitrogens with zero attached hydrogens (tertiary/aromatic N) is 2. The topological polar surface area (TPSA) is 139 Å². The fourth-order valence-electron chi connectivity index (χ4n) is 2.98. The minimum atomic E-state index is -3.76. The number of aromatic nitrogens is 2. The maximum absolute atomic E-state index is 12.7. The highest BCUT2D eigenvalue weighted by Crippen LogP contribution is 2.22. The minimum absolute atomic E-state index is 0.0277. The Morgan fingerprint density at radius 2 is 1.79 bits per heavy atom. The van der Waals surface area contributed by atoms with Gasteiger partial charge in [-0.3, -0.25) is 14.9 Å². The SMILES string of the molecule is CCCC(NC(=O)Cc1cccc(Oc2ccccc2)c1)C(=O)Nc1nnc(S(=O)(=O)NC)s1. The molecular weight excluding hydrogens is 478 g/mol. The zero-order valence-corrected chi connectivity index (χ0v) is 20.3. The van der Waals surface area contributed by atoms with Gasteiger partial charge in [-0.05, 0) is 43.3 Å². The largest absolute Gasteiger partial charge is 0.457 e. The molecule has 12 heteroatoms. The second kappa shape index (κ2) is 11.7. The number of rotatable bonds is 11. The smallest absolute Gasteiger partial charge is 0.269 e. The van der Waals surface area contributed by atoms with Crippen LogP contribution in [0.4, 0.5) is 5.13 Å². The van der Waals surface area contributed by atoms with Crippen molar-refractivity contribution >= 4 is 38.3 Å². The van der Waals surface area contributed by atoms with Crippen LogP contribution in [0.5, 0.6) is 11.5 Å². The molecule has 1 aromatic heterocycles. The van der Waals surface area contributed by atoms with E-state index in [4.69, 9.17) is 4.74 Å². The summed E-state index contributed by atoms with van der Waals surface area (Å²) in [6.45, 7) is 1.89. The van der Waals surface area contributed by atoms with Crippen molar-refractivity contribution in [3.05, 3.63) is 60.2 Å². The molecule has 3 aromatic rings. The third kappa shape index (κ3) is 7.07. The Hall–Kier alpha value is -3.35. The Balaban J connectivity index is 1.61. The van der Waals surface area contributed by atoms with Gasteiger partial charge in [0, 0.05) is 0 Å². The maximum atomic E-state index is 12.7. The van der Waals surface area contributed by atoms with Crippen molar-refractivity contribution in [1.82, 2.24) is 20.2 Å². The first-order valence-electron chi connectivity index (χ1n) is 10.5. The van der Waals surface area contributed by atoms with Gasteiger partial charge in [0.25, 0.3) is 10.0 Å². The molecule has 3 N–H and O–H groups in total. The zero-order chi connectivity index (χ0) is 24.6. The van der Waals surface area contributed by atoms with Crippen molar-refractivity contribution in [2.45, 2.75) is 36.6 Å². The van der Waals surface area contributed by atoms with Gasteiger partial charge in [-0.15, -0.1) is 10.2 Å². The number of carbonyl (C=O) groups is 2. The van der Waals surface area contributed by atoms with Gasteiger partial charge < -0.3 is 10.1 Å². The van der Waals surface area contributed by atoms with Crippen LogP contribution in [0, 0.1) is 0 Å². The van der Waals surface area contributed by atoms with Crippen LogP contribution in [0.15, 0.2) is 58.9 Å². The van der Waals surface area contributed by atoms with Crippen LogP contribution in [-0.4, -0.2) is 43.5 Å². The lowest BCUT2D eigenvalue weighted by atomic mass is 10.1. The van der Waals surface area contributed by atoms with Gasteiger partial charge >= 0.3 is 0 Å². The molecule has 0 aliphatic heterocycles. The third-order valence-corrected chi connectivity index (χ3v) is 7.23. The van der Waals surface area contributed by atoms with E-state index in [1.54, 1.807) is 24.3 Å². The molecule has 0 aliphatic rings. The molecule has 10 nitrogen and oxygen atoms in total. The summed E-state index contributed by atoms with van der Waals surface area (Å²) in [7, 11) is -2.50. The minimum Gasteiger partial charge on any atom is -0.457 e. The molecule has 1 atom stereocenters. The lowest BCUT2D eigenvalue weighted by Gasteiger charge is -2.17. The highest BCUT2D eigenvalue weighted by molar-refractivity contribution is 7.91. The van der Waals surface area contributed by atoms with Gasteiger partial charge in [0.2, 0.25) is 21.3 Å². The van der Waals surface area contributed by atoms with Gasteiger partial charge in [-0.1, -0.05) is 55.0 Å². The van der Waals surface area contributed by atoms with E-state index in [9.17, 15) is 18.0 Å². The number of carbonyl (C=O) groups excluding carboxylic acids is 2. The van der Waals surface area contributed by atoms with Gasteiger partial charge in [0.05, 0.1) is 6.42 Å². The molecule has 180 valence electrons. The molecule has 0 saturated heterocycles. The molecule has 0 saturated carbocycles. The van der Waals surface area contributed by atoms with Gasteiger partial charge in [0.15, 0.2) is 0 Å². The number of ether oxygens (including phenoxy) is 1. The number of para-hydroxylation sites is 1. The highest BCUT2D eigenvalue weighted by Gasteiger charge is 2.23. The standard InChI is InChI=1S/C22H25N5O5S2/c1-3-8-18(20(29)25-21-26-27-22(33-21)34(30,31)23-2)24-19(28)14-15-9-7-12-17(13-15)32-16-10-5-4-6-11-16/h4-7,9-13,18,23H,3,8,14H2,1-2H3,(H,24,28)(H,25,26,29). The second-order valence-electron chi connectivity index (χ2n) is 7.22. The lowest BCUT2D eigenvalue weighted by molar-refractivity contribution is -0.126. The van der Waals surface area contributed by atoms with Gasteiger partial charge in [-0.25, -0.2) is 13.1 Å². The summed E-state index contributed by atoms with van der Waals surface area (Å²) in [5.74, 6) is 0.455. The van der Waals surface area contributed by atoms with Crippen molar-refractivity contribution in [3.8, 4) is 11.5 Å². The first kappa shape index (κ1) is 25.3. The average molecular weight is 504 g/mol. The Morgan fingerprint density at radius 1 is 1.06 bits per heavy atom. The number of anilines is 1. The summed E-state index contributed by atoms with van der Waals surface area (Å²) in [4.78, 5) is 25.4. The van der Waals surface area contributed by atoms with Crippen LogP contribution < -0.4 is 20.1 Å². The number of amides is 2. The predicted octanol–water partition coefficient (Wildman–Crippen LogP) is 2.70. The molecular formula is C22H25N5O5S2. The number of hydrogen-bond donors (Lipinski definition) is 3. The fourth-order valence-corrected chi connectivity index (χ4v) is 4.71. The molecule has 0 radical (unpaired) electrons. The van der Waals surface area contributed by atoms with Crippen LogP contribution >= 0.6 is 11.3 Å². The molecule has 0 bridgehead atoms. The Kier molecular flexibility index (Phi) is 8.68.